The van der Waals surface area contributed by atoms with Gasteiger partial charge in [0.1, 0.15) is 4.90 Å². The Morgan fingerprint density at radius 3 is 2.52 bits per heavy atom. The topological polar surface area (TPSA) is 92.5 Å². The molecule has 0 radical (unpaired) electrons. The Labute approximate surface area is 165 Å². The first-order chi connectivity index (χ1) is 12.5. The van der Waals surface area contributed by atoms with Crippen molar-refractivity contribution in [2.24, 2.45) is 0 Å². The Bertz CT molecular complexity index is 1120. The molecule has 2 heterocycles. The Balaban J connectivity index is 2.36. The third-order valence-electron chi connectivity index (χ3n) is 4.01. The lowest BCUT2D eigenvalue weighted by Gasteiger charge is -2.32. The van der Waals surface area contributed by atoms with Crippen molar-refractivity contribution in [2.75, 3.05) is 4.90 Å². The van der Waals surface area contributed by atoms with Crippen LogP contribution < -0.4 is 4.90 Å². The molecule has 1 amide bonds. The number of nitrogens with zero attached hydrogens (tertiary/aromatic N) is 3. The lowest BCUT2D eigenvalue weighted by atomic mass is 10.1. The molecular weight excluding hydrogens is 434 g/mol. The van der Waals surface area contributed by atoms with E-state index in [9.17, 15) is 18.3 Å². The predicted molar refractivity (Wildman–Crippen MR) is 107 cm³/mol. The van der Waals surface area contributed by atoms with Gasteiger partial charge in [-0.1, -0.05) is 15.9 Å². The van der Waals surface area contributed by atoms with Crippen LogP contribution in [0, 0.1) is 0 Å². The summed E-state index contributed by atoms with van der Waals surface area (Å²) < 4.78 is 28.1. The van der Waals surface area contributed by atoms with Gasteiger partial charge in [0.25, 0.3) is 10.0 Å². The molecule has 3 rings (SSSR count). The molecule has 27 heavy (non-hydrogen) atoms. The highest BCUT2D eigenvalue weighted by Gasteiger charge is 2.32. The smallest absolute Gasteiger partial charge is 0.412 e. The lowest BCUT2D eigenvalue weighted by Crippen LogP contribution is -2.45. The van der Waals surface area contributed by atoms with Crippen molar-refractivity contribution in [3.8, 4) is 0 Å². The number of fused-ring (bicyclic) bond motifs is 1. The molecule has 0 aliphatic carbocycles. The van der Waals surface area contributed by atoms with Crippen molar-refractivity contribution in [2.45, 2.75) is 31.2 Å². The van der Waals surface area contributed by atoms with E-state index in [-0.39, 0.29) is 4.90 Å². The Morgan fingerprint density at radius 2 is 1.96 bits per heavy atom. The fraction of sp³-hybridized carbons (Fsp3) is 0.222. The minimum atomic E-state index is -3.95. The van der Waals surface area contributed by atoms with E-state index in [1.165, 1.54) is 35.6 Å². The van der Waals surface area contributed by atoms with Gasteiger partial charge in [0.15, 0.2) is 0 Å². The average Bonchev–Trinajstić information content (AvgIpc) is 2.93. The van der Waals surface area contributed by atoms with Crippen molar-refractivity contribution in [1.29, 1.82) is 0 Å². The summed E-state index contributed by atoms with van der Waals surface area (Å²) in [7, 11) is -3.95. The van der Waals surface area contributed by atoms with Gasteiger partial charge in [-0.25, -0.2) is 17.2 Å². The van der Waals surface area contributed by atoms with Crippen LogP contribution in [-0.2, 0) is 10.0 Å². The van der Waals surface area contributed by atoms with Crippen LogP contribution in [-0.4, -0.2) is 34.1 Å². The first kappa shape index (κ1) is 19.4. The molecular formula is C18H18BrN3O4S. The van der Waals surface area contributed by atoms with E-state index in [0.717, 1.165) is 3.97 Å². The number of pyridine rings is 1. The molecule has 2 aromatic heterocycles. The zero-order valence-corrected chi connectivity index (χ0v) is 17.3. The summed E-state index contributed by atoms with van der Waals surface area (Å²) in [5.74, 6) is 0. The van der Waals surface area contributed by atoms with E-state index in [1.807, 2.05) is 0 Å². The fourth-order valence-electron chi connectivity index (χ4n) is 2.90. The predicted octanol–water partition coefficient (Wildman–Crippen LogP) is 4.32. The number of halogens is 1. The molecule has 0 saturated carbocycles. The third-order valence-corrected chi connectivity index (χ3v) is 6.16. The van der Waals surface area contributed by atoms with Crippen LogP contribution in [0.5, 0.6) is 0 Å². The number of benzene rings is 1. The van der Waals surface area contributed by atoms with Crippen molar-refractivity contribution in [1.82, 2.24) is 8.96 Å². The molecule has 0 bridgehead atoms. The molecule has 0 unspecified atom stereocenters. The van der Waals surface area contributed by atoms with Gasteiger partial charge in [-0.3, -0.25) is 9.88 Å². The standard InChI is InChI=1S/C18H18BrN3O4S/c1-18(2,3)22(17(23)24)16-11-21(15-9-12(19)6-7-14(15)16)27(25,26)13-5-4-8-20-10-13/h4-11H,1-3H3,(H,23,24). The molecule has 0 fully saturated rings. The summed E-state index contributed by atoms with van der Waals surface area (Å²) in [5.41, 5.74) is -0.0977. The molecule has 9 heteroatoms. The normalized spacial score (nSPS) is 12.3. The summed E-state index contributed by atoms with van der Waals surface area (Å²) in [4.78, 5) is 17.0. The molecule has 0 aliphatic rings. The zero-order valence-electron chi connectivity index (χ0n) is 14.9. The number of hydrogen-bond donors (Lipinski definition) is 1. The van der Waals surface area contributed by atoms with Gasteiger partial charge < -0.3 is 5.11 Å². The highest BCUT2D eigenvalue weighted by atomic mass is 79.9. The van der Waals surface area contributed by atoms with Crippen LogP contribution in [0.4, 0.5) is 10.5 Å². The molecule has 0 aliphatic heterocycles. The van der Waals surface area contributed by atoms with Crippen LogP contribution in [0.25, 0.3) is 10.9 Å². The van der Waals surface area contributed by atoms with Crippen molar-refractivity contribution >= 4 is 48.6 Å². The molecule has 142 valence electrons. The largest absolute Gasteiger partial charge is 0.465 e. The van der Waals surface area contributed by atoms with E-state index < -0.39 is 21.7 Å². The maximum Gasteiger partial charge on any atom is 0.412 e. The third kappa shape index (κ3) is 3.44. The van der Waals surface area contributed by atoms with Gasteiger partial charge in [-0.2, -0.15) is 0 Å². The van der Waals surface area contributed by atoms with Gasteiger partial charge in [-0.05, 0) is 51.1 Å². The molecule has 0 atom stereocenters. The van der Waals surface area contributed by atoms with Crippen LogP contribution in [0.1, 0.15) is 20.8 Å². The van der Waals surface area contributed by atoms with Crippen LogP contribution in [0.3, 0.4) is 0 Å². The molecule has 7 nitrogen and oxygen atoms in total. The minimum absolute atomic E-state index is 0.0195. The number of aromatic nitrogens is 2. The van der Waals surface area contributed by atoms with E-state index in [0.29, 0.717) is 21.1 Å². The Kier molecular flexibility index (Phi) is 4.77. The molecule has 0 spiro atoms. The Hall–Kier alpha value is -2.39. The van der Waals surface area contributed by atoms with Crippen LogP contribution in [0.15, 0.2) is 58.3 Å². The van der Waals surface area contributed by atoms with Crippen molar-refractivity contribution in [3.63, 3.8) is 0 Å². The summed E-state index contributed by atoms with van der Waals surface area (Å²) in [6, 6.07) is 8.08. The SMILES string of the molecule is CC(C)(C)N(C(=O)O)c1cn(S(=O)(=O)c2cccnc2)c2cc(Br)ccc12. The van der Waals surface area contributed by atoms with E-state index in [4.69, 9.17) is 0 Å². The second-order valence-corrected chi connectivity index (χ2v) is 9.68. The van der Waals surface area contributed by atoms with Crippen molar-refractivity contribution < 1.29 is 18.3 Å². The Morgan fingerprint density at radius 1 is 1.26 bits per heavy atom. The van der Waals surface area contributed by atoms with Gasteiger partial charge >= 0.3 is 6.09 Å². The quantitative estimate of drug-likeness (QED) is 0.639. The maximum atomic E-state index is 13.2. The maximum absolute atomic E-state index is 13.2. The van der Waals surface area contributed by atoms with E-state index in [2.05, 4.69) is 20.9 Å². The molecule has 1 N–H and O–H groups in total. The van der Waals surface area contributed by atoms with Crippen molar-refractivity contribution in [3.05, 3.63) is 53.4 Å². The summed E-state index contributed by atoms with van der Waals surface area (Å²) >= 11 is 3.35. The number of carbonyl (C=O) groups is 1. The highest BCUT2D eigenvalue weighted by molar-refractivity contribution is 9.10. The van der Waals surface area contributed by atoms with Gasteiger partial charge in [0.05, 0.1) is 11.2 Å². The number of carboxylic acid groups (broad SMARTS) is 1. The first-order valence-corrected chi connectivity index (χ1v) is 10.3. The van der Waals surface area contributed by atoms with Gasteiger partial charge in [0.2, 0.25) is 0 Å². The number of hydrogen-bond acceptors (Lipinski definition) is 4. The van der Waals surface area contributed by atoms with Gasteiger partial charge in [0, 0.05) is 34.0 Å². The van der Waals surface area contributed by atoms with E-state index >= 15 is 0 Å². The number of anilines is 1. The summed E-state index contributed by atoms with van der Waals surface area (Å²) in [6.07, 6.45) is 2.93. The lowest BCUT2D eigenvalue weighted by molar-refractivity contribution is 0.195. The first-order valence-electron chi connectivity index (χ1n) is 8.03. The minimum Gasteiger partial charge on any atom is -0.465 e. The van der Waals surface area contributed by atoms with Crippen LogP contribution in [0.2, 0.25) is 0 Å². The average molecular weight is 452 g/mol. The highest BCUT2D eigenvalue weighted by Crippen LogP contribution is 2.36. The fourth-order valence-corrected chi connectivity index (χ4v) is 4.56. The second-order valence-electron chi connectivity index (χ2n) is 6.95. The van der Waals surface area contributed by atoms with E-state index in [1.54, 1.807) is 39.0 Å². The van der Waals surface area contributed by atoms with Crippen LogP contribution >= 0.6 is 15.9 Å². The summed E-state index contributed by atoms with van der Waals surface area (Å²) in [5, 5.41) is 10.3. The number of amides is 1. The second kappa shape index (κ2) is 6.65. The summed E-state index contributed by atoms with van der Waals surface area (Å²) in [6.45, 7) is 5.25. The molecule has 1 aromatic carbocycles. The van der Waals surface area contributed by atoms with Gasteiger partial charge in [-0.15, -0.1) is 0 Å². The zero-order chi connectivity index (χ0) is 20.0. The monoisotopic (exact) mass is 451 g/mol. The molecule has 0 saturated heterocycles. The number of rotatable bonds is 3. The molecule has 3 aromatic rings.